The number of rotatable bonds is 5. The van der Waals surface area contributed by atoms with Crippen LogP contribution in [0.1, 0.15) is 12.0 Å². The molecule has 1 aliphatic rings. The Labute approximate surface area is 146 Å². The van der Waals surface area contributed by atoms with Gasteiger partial charge in [0, 0.05) is 48.0 Å². The molecule has 0 saturated carbocycles. The first kappa shape index (κ1) is 16.6. The van der Waals surface area contributed by atoms with Crippen LogP contribution in [0.15, 0.2) is 65.9 Å². The summed E-state index contributed by atoms with van der Waals surface area (Å²) in [6, 6.07) is 17.7. The van der Waals surface area contributed by atoms with Crippen LogP contribution in [-0.4, -0.2) is 23.9 Å². The molecule has 0 aromatic heterocycles. The van der Waals surface area contributed by atoms with Gasteiger partial charge in [0.25, 0.3) is 0 Å². The molecule has 24 heavy (non-hydrogen) atoms. The first-order valence-electron chi connectivity index (χ1n) is 7.92. The van der Waals surface area contributed by atoms with Crippen molar-refractivity contribution in [1.29, 1.82) is 0 Å². The summed E-state index contributed by atoms with van der Waals surface area (Å²) in [4.78, 5) is 14.1. The fourth-order valence-electron chi connectivity index (χ4n) is 2.87. The number of primary amides is 1. The minimum absolute atomic E-state index is 0.371. The predicted octanol–water partition coefficient (Wildman–Crippen LogP) is 3.40. The van der Waals surface area contributed by atoms with E-state index in [1.54, 1.807) is 0 Å². The maximum atomic E-state index is 11.9. The van der Waals surface area contributed by atoms with E-state index < -0.39 is 0 Å². The minimum atomic E-state index is -0.371. The predicted molar refractivity (Wildman–Crippen MR) is 97.6 cm³/mol. The monoisotopic (exact) mass is 341 g/mol. The van der Waals surface area contributed by atoms with Crippen molar-refractivity contribution in [2.75, 3.05) is 18.4 Å². The van der Waals surface area contributed by atoms with Gasteiger partial charge in [-0.1, -0.05) is 41.9 Å². The molecule has 1 heterocycles. The molecule has 0 bridgehead atoms. The van der Waals surface area contributed by atoms with Crippen molar-refractivity contribution in [2.45, 2.75) is 13.0 Å². The lowest BCUT2D eigenvalue weighted by molar-refractivity contribution is -0.115. The van der Waals surface area contributed by atoms with Gasteiger partial charge in [-0.25, -0.2) is 0 Å². The molecule has 4 nitrogen and oxygen atoms in total. The Morgan fingerprint density at radius 3 is 2.50 bits per heavy atom. The summed E-state index contributed by atoms with van der Waals surface area (Å²) in [5.41, 5.74) is 9.29. The van der Waals surface area contributed by atoms with Crippen molar-refractivity contribution in [1.82, 2.24) is 4.90 Å². The van der Waals surface area contributed by atoms with E-state index in [2.05, 4.69) is 22.3 Å². The molecule has 3 rings (SSSR count). The van der Waals surface area contributed by atoms with Crippen molar-refractivity contribution in [3.63, 3.8) is 0 Å². The van der Waals surface area contributed by atoms with Gasteiger partial charge in [-0.15, -0.1) is 0 Å². The SMILES string of the molecule is NC(=O)C1=C(Nc2ccc(Cl)cc2)CCN(Cc2ccccc2)C1. The van der Waals surface area contributed by atoms with Crippen LogP contribution in [0.4, 0.5) is 5.69 Å². The van der Waals surface area contributed by atoms with Crippen LogP contribution in [0, 0.1) is 0 Å². The lowest BCUT2D eigenvalue weighted by Crippen LogP contribution is -2.37. The third kappa shape index (κ3) is 4.16. The Bertz CT molecular complexity index is 741. The minimum Gasteiger partial charge on any atom is -0.366 e. The molecule has 3 N–H and O–H groups in total. The van der Waals surface area contributed by atoms with Gasteiger partial charge < -0.3 is 11.1 Å². The molecule has 0 spiro atoms. The van der Waals surface area contributed by atoms with Gasteiger partial charge in [0.1, 0.15) is 0 Å². The van der Waals surface area contributed by atoms with Crippen LogP contribution in [-0.2, 0) is 11.3 Å². The van der Waals surface area contributed by atoms with Gasteiger partial charge in [-0.3, -0.25) is 9.69 Å². The molecule has 0 fully saturated rings. The highest BCUT2D eigenvalue weighted by Crippen LogP contribution is 2.23. The lowest BCUT2D eigenvalue weighted by Gasteiger charge is -2.30. The van der Waals surface area contributed by atoms with Crippen LogP contribution < -0.4 is 11.1 Å². The summed E-state index contributed by atoms with van der Waals surface area (Å²) in [6.45, 7) is 2.24. The summed E-state index contributed by atoms with van der Waals surface area (Å²) in [7, 11) is 0. The van der Waals surface area contributed by atoms with Crippen molar-refractivity contribution < 1.29 is 4.79 Å². The summed E-state index contributed by atoms with van der Waals surface area (Å²) in [5, 5.41) is 4.00. The molecule has 5 heteroatoms. The molecule has 0 atom stereocenters. The molecule has 1 amide bonds. The molecular formula is C19H20ClN3O. The van der Waals surface area contributed by atoms with Crippen LogP contribution >= 0.6 is 11.6 Å². The smallest absolute Gasteiger partial charge is 0.247 e. The van der Waals surface area contributed by atoms with E-state index in [9.17, 15) is 4.79 Å². The third-order valence-electron chi connectivity index (χ3n) is 4.11. The van der Waals surface area contributed by atoms with Crippen LogP contribution in [0.3, 0.4) is 0 Å². The van der Waals surface area contributed by atoms with E-state index in [1.807, 2.05) is 42.5 Å². The van der Waals surface area contributed by atoms with Gasteiger partial charge in [0.05, 0.1) is 0 Å². The summed E-state index contributed by atoms with van der Waals surface area (Å²) in [6.07, 6.45) is 0.758. The normalized spacial score (nSPS) is 15.4. The molecule has 124 valence electrons. The molecule has 0 aliphatic carbocycles. The Balaban J connectivity index is 1.74. The first-order valence-corrected chi connectivity index (χ1v) is 8.30. The van der Waals surface area contributed by atoms with E-state index in [0.717, 1.165) is 30.9 Å². The zero-order valence-corrected chi connectivity index (χ0v) is 14.1. The largest absolute Gasteiger partial charge is 0.366 e. The summed E-state index contributed by atoms with van der Waals surface area (Å²) in [5.74, 6) is -0.371. The number of benzene rings is 2. The van der Waals surface area contributed by atoms with E-state index in [0.29, 0.717) is 17.1 Å². The Hall–Kier alpha value is -2.30. The second-order valence-electron chi connectivity index (χ2n) is 5.90. The fourth-order valence-corrected chi connectivity index (χ4v) is 2.99. The maximum Gasteiger partial charge on any atom is 0.247 e. The lowest BCUT2D eigenvalue weighted by atomic mass is 10.0. The van der Waals surface area contributed by atoms with Crippen molar-refractivity contribution in [3.05, 3.63) is 76.5 Å². The second kappa shape index (κ2) is 7.51. The van der Waals surface area contributed by atoms with Crippen LogP contribution in [0.5, 0.6) is 0 Å². The molecule has 0 saturated heterocycles. The van der Waals surface area contributed by atoms with E-state index in [4.69, 9.17) is 17.3 Å². The fraction of sp³-hybridized carbons (Fsp3) is 0.211. The van der Waals surface area contributed by atoms with Gasteiger partial charge in [0.15, 0.2) is 0 Å². The number of nitrogens with two attached hydrogens (primary N) is 1. The van der Waals surface area contributed by atoms with Gasteiger partial charge in [0.2, 0.25) is 5.91 Å². The van der Waals surface area contributed by atoms with E-state index >= 15 is 0 Å². The number of nitrogens with one attached hydrogen (secondary N) is 1. The average Bonchev–Trinajstić information content (AvgIpc) is 2.59. The highest BCUT2D eigenvalue weighted by atomic mass is 35.5. The van der Waals surface area contributed by atoms with Crippen LogP contribution in [0.25, 0.3) is 0 Å². The average molecular weight is 342 g/mol. The van der Waals surface area contributed by atoms with Crippen molar-refractivity contribution in [3.8, 4) is 0 Å². The Morgan fingerprint density at radius 2 is 1.83 bits per heavy atom. The zero-order valence-electron chi connectivity index (χ0n) is 13.3. The first-order chi connectivity index (χ1) is 11.6. The number of carbonyl (C=O) groups excluding carboxylic acids is 1. The highest BCUT2D eigenvalue weighted by Gasteiger charge is 2.22. The Kier molecular flexibility index (Phi) is 5.18. The number of nitrogens with zero attached hydrogens (tertiary/aromatic N) is 1. The summed E-state index contributed by atoms with van der Waals surface area (Å²) >= 11 is 5.91. The maximum absolute atomic E-state index is 11.9. The molecule has 0 unspecified atom stereocenters. The molecule has 2 aromatic rings. The number of carbonyl (C=O) groups is 1. The van der Waals surface area contributed by atoms with Crippen molar-refractivity contribution >= 4 is 23.2 Å². The number of amides is 1. The van der Waals surface area contributed by atoms with Gasteiger partial charge >= 0.3 is 0 Å². The molecule has 1 aliphatic heterocycles. The third-order valence-corrected chi connectivity index (χ3v) is 4.36. The molecule has 2 aromatic carbocycles. The topological polar surface area (TPSA) is 58.4 Å². The van der Waals surface area contributed by atoms with Crippen molar-refractivity contribution in [2.24, 2.45) is 5.73 Å². The molecule has 0 radical (unpaired) electrons. The van der Waals surface area contributed by atoms with Gasteiger partial charge in [-0.2, -0.15) is 0 Å². The highest BCUT2D eigenvalue weighted by molar-refractivity contribution is 6.30. The number of halogens is 1. The molecular weight excluding hydrogens is 322 g/mol. The van der Waals surface area contributed by atoms with Gasteiger partial charge in [-0.05, 0) is 29.8 Å². The number of hydrogen-bond acceptors (Lipinski definition) is 3. The number of anilines is 1. The second-order valence-corrected chi connectivity index (χ2v) is 6.34. The van der Waals surface area contributed by atoms with E-state index in [-0.39, 0.29) is 5.91 Å². The number of hydrogen-bond donors (Lipinski definition) is 2. The standard InChI is InChI=1S/C19H20ClN3O/c20-15-6-8-16(9-7-15)22-18-10-11-23(13-17(18)19(21)24)12-14-4-2-1-3-5-14/h1-9,22H,10-13H2,(H2,21,24). The van der Waals surface area contributed by atoms with E-state index in [1.165, 1.54) is 5.56 Å². The quantitative estimate of drug-likeness (QED) is 0.876. The zero-order chi connectivity index (χ0) is 16.9. The summed E-state index contributed by atoms with van der Waals surface area (Å²) < 4.78 is 0. The van der Waals surface area contributed by atoms with Crippen LogP contribution in [0.2, 0.25) is 5.02 Å². The Morgan fingerprint density at radius 1 is 1.12 bits per heavy atom.